The molecular weight excluding hydrogens is 307 g/mol. The van der Waals surface area contributed by atoms with Gasteiger partial charge in [-0.1, -0.05) is 12.1 Å². The predicted octanol–water partition coefficient (Wildman–Crippen LogP) is 4.30. The van der Waals surface area contributed by atoms with Crippen molar-refractivity contribution in [2.45, 2.75) is 20.8 Å². The van der Waals surface area contributed by atoms with Gasteiger partial charge in [0.15, 0.2) is 0 Å². The van der Waals surface area contributed by atoms with Gasteiger partial charge >= 0.3 is 5.97 Å². The van der Waals surface area contributed by atoms with Crippen LogP contribution in [-0.2, 0) is 0 Å². The standard InChI is InChI=1S/C19H17FN2O2/c1-11-5-4-6-16(12(11)2)22-18(14-7-9-15(20)10-8-14)17(19(23)24)13(3)21-22/h4-10H,1-3H3,(H,23,24). The number of hydrogen-bond acceptors (Lipinski definition) is 2. The van der Waals surface area contributed by atoms with Crippen LogP contribution in [0.3, 0.4) is 0 Å². The van der Waals surface area contributed by atoms with Crippen molar-refractivity contribution < 1.29 is 14.3 Å². The first-order chi connectivity index (χ1) is 11.4. The number of carboxylic acids is 1. The summed E-state index contributed by atoms with van der Waals surface area (Å²) in [5, 5.41) is 14.1. The van der Waals surface area contributed by atoms with E-state index < -0.39 is 5.97 Å². The smallest absolute Gasteiger partial charge is 0.339 e. The Morgan fingerprint density at radius 1 is 1.08 bits per heavy atom. The minimum absolute atomic E-state index is 0.127. The Morgan fingerprint density at radius 3 is 2.38 bits per heavy atom. The summed E-state index contributed by atoms with van der Waals surface area (Å²) >= 11 is 0. The molecule has 0 amide bonds. The molecule has 5 heteroatoms. The highest BCUT2D eigenvalue weighted by molar-refractivity contribution is 5.96. The fourth-order valence-electron chi connectivity index (χ4n) is 2.80. The quantitative estimate of drug-likeness (QED) is 0.781. The summed E-state index contributed by atoms with van der Waals surface area (Å²) in [5.74, 6) is -1.42. The Morgan fingerprint density at radius 2 is 1.75 bits per heavy atom. The zero-order valence-corrected chi connectivity index (χ0v) is 13.7. The van der Waals surface area contributed by atoms with Crippen molar-refractivity contribution in [3.05, 3.63) is 70.7 Å². The van der Waals surface area contributed by atoms with Gasteiger partial charge < -0.3 is 5.11 Å². The van der Waals surface area contributed by atoms with Crippen molar-refractivity contribution in [1.82, 2.24) is 9.78 Å². The number of aromatic nitrogens is 2. The van der Waals surface area contributed by atoms with E-state index in [-0.39, 0.29) is 11.4 Å². The Bertz CT molecular complexity index is 927. The van der Waals surface area contributed by atoms with E-state index in [0.717, 1.165) is 16.8 Å². The van der Waals surface area contributed by atoms with E-state index in [2.05, 4.69) is 5.10 Å². The number of benzene rings is 2. The topological polar surface area (TPSA) is 55.1 Å². The van der Waals surface area contributed by atoms with Crippen LogP contribution in [0.1, 0.15) is 27.2 Å². The molecule has 3 rings (SSSR count). The van der Waals surface area contributed by atoms with Crippen LogP contribution in [-0.4, -0.2) is 20.9 Å². The van der Waals surface area contributed by atoms with Crippen LogP contribution in [0, 0.1) is 26.6 Å². The van der Waals surface area contributed by atoms with Crippen LogP contribution in [0.25, 0.3) is 16.9 Å². The first-order valence-corrected chi connectivity index (χ1v) is 7.55. The van der Waals surface area contributed by atoms with E-state index in [4.69, 9.17) is 0 Å². The lowest BCUT2D eigenvalue weighted by Crippen LogP contribution is -2.05. The van der Waals surface area contributed by atoms with E-state index in [1.54, 1.807) is 23.7 Å². The number of rotatable bonds is 3. The van der Waals surface area contributed by atoms with Crippen molar-refractivity contribution >= 4 is 5.97 Å². The van der Waals surface area contributed by atoms with Crippen LogP contribution in [0.15, 0.2) is 42.5 Å². The summed E-state index contributed by atoms with van der Waals surface area (Å²) in [6.07, 6.45) is 0. The van der Waals surface area contributed by atoms with Crippen molar-refractivity contribution in [3.63, 3.8) is 0 Å². The molecule has 0 saturated heterocycles. The molecule has 0 spiro atoms. The maximum absolute atomic E-state index is 13.3. The lowest BCUT2D eigenvalue weighted by molar-refractivity contribution is 0.0697. The second-order valence-electron chi connectivity index (χ2n) is 5.75. The number of aryl methyl sites for hydroxylation is 2. The first kappa shape index (κ1) is 15.9. The molecule has 4 nitrogen and oxygen atoms in total. The highest BCUT2D eigenvalue weighted by Crippen LogP contribution is 2.31. The van der Waals surface area contributed by atoms with E-state index in [1.165, 1.54) is 12.1 Å². The molecule has 0 radical (unpaired) electrons. The van der Waals surface area contributed by atoms with E-state index >= 15 is 0 Å². The molecule has 2 aromatic carbocycles. The van der Waals surface area contributed by atoms with E-state index in [9.17, 15) is 14.3 Å². The molecule has 1 aromatic heterocycles. The maximum Gasteiger partial charge on any atom is 0.339 e. The van der Waals surface area contributed by atoms with Crippen molar-refractivity contribution in [1.29, 1.82) is 0 Å². The van der Waals surface area contributed by atoms with Crippen LogP contribution in [0.4, 0.5) is 4.39 Å². The Labute approximate surface area is 139 Å². The maximum atomic E-state index is 13.3. The summed E-state index contributed by atoms with van der Waals surface area (Å²) in [6, 6.07) is 11.6. The van der Waals surface area contributed by atoms with Crippen LogP contribution in [0.5, 0.6) is 0 Å². The predicted molar refractivity (Wildman–Crippen MR) is 90.1 cm³/mol. The molecule has 0 aliphatic rings. The van der Waals surface area contributed by atoms with Gasteiger partial charge in [-0.3, -0.25) is 0 Å². The molecule has 1 N–H and O–H groups in total. The third kappa shape index (κ3) is 2.58. The van der Waals surface area contributed by atoms with Gasteiger partial charge in [0.25, 0.3) is 0 Å². The normalized spacial score (nSPS) is 10.8. The summed E-state index contributed by atoms with van der Waals surface area (Å²) in [4.78, 5) is 11.8. The van der Waals surface area contributed by atoms with Gasteiger partial charge in [0.1, 0.15) is 11.4 Å². The van der Waals surface area contributed by atoms with Crippen molar-refractivity contribution in [2.24, 2.45) is 0 Å². The van der Waals surface area contributed by atoms with Gasteiger partial charge in [0.05, 0.1) is 17.1 Å². The largest absolute Gasteiger partial charge is 0.478 e. The minimum atomic E-state index is -1.05. The van der Waals surface area contributed by atoms with Gasteiger partial charge in [0.2, 0.25) is 0 Å². The van der Waals surface area contributed by atoms with Gasteiger partial charge in [-0.2, -0.15) is 5.10 Å². The number of carbonyl (C=O) groups is 1. The van der Waals surface area contributed by atoms with Crippen molar-refractivity contribution in [3.8, 4) is 16.9 Å². The molecule has 0 atom stereocenters. The summed E-state index contributed by atoms with van der Waals surface area (Å²) in [6.45, 7) is 5.62. The molecule has 0 unspecified atom stereocenters. The third-order valence-electron chi connectivity index (χ3n) is 4.20. The second kappa shape index (κ2) is 5.92. The monoisotopic (exact) mass is 324 g/mol. The zero-order valence-electron chi connectivity index (χ0n) is 13.7. The van der Waals surface area contributed by atoms with Gasteiger partial charge in [-0.25, -0.2) is 13.9 Å². The Hall–Kier alpha value is -2.95. The summed E-state index contributed by atoms with van der Waals surface area (Å²) < 4.78 is 14.9. The molecule has 3 aromatic rings. The second-order valence-corrected chi connectivity index (χ2v) is 5.75. The van der Waals surface area contributed by atoms with E-state index in [0.29, 0.717) is 17.0 Å². The highest BCUT2D eigenvalue weighted by atomic mass is 19.1. The molecule has 0 aliphatic carbocycles. The molecule has 0 aliphatic heterocycles. The Balaban J connectivity index is 2.35. The van der Waals surface area contributed by atoms with E-state index in [1.807, 2.05) is 32.0 Å². The minimum Gasteiger partial charge on any atom is -0.478 e. The SMILES string of the molecule is Cc1cccc(-n2nc(C)c(C(=O)O)c2-c2ccc(F)cc2)c1C. The molecule has 0 fully saturated rings. The summed E-state index contributed by atoms with van der Waals surface area (Å²) in [7, 11) is 0. The number of nitrogens with zero attached hydrogens (tertiary/aromatic N) is 2. The first-order valence-electron chi connectivity index (χ1n) is 7.55. The molecular formula is C19H17FN2O2. The molecule has 0 saturated carbocycles. The van der Waals surface area contributed by atoms with Crippen LogP contribution >= 0.6 is 0 Å². The van der Waals surface area contributed by atoms with Gasteiger partial charge in [-0.15, -0.1) is 0 Å². The zero-order chi connectivity index (χ0) is 17.4. The third-order valence-corrected chi connectivity index (χ3v) is 4.20. The average molecular weight is 324 g/mol. The Kier molecular flexibility index (Phi) is 3.93. The van der Waals surface area contributed by atoms with Crippen LogP contribution < -0.4 is 0 Å². The van der Waals surface area contributed by atoms with Gasteiger partial charge in [0, 0.05) is 5.56 Å². The van der Waals surface area contributed by atoms with Crippen LogP contribution in [0.2, 0.25) is 0 Å². The fraction of sp³-hybridized carbons (Fsp3) is 0.158. The summed E-state index contributed by atoms with van der Waals surface area (Å²) in [5.41, 5.74) is 4.52. The number of carboxylic acid groups (broad SMARTS) is 1. The average Bonchev–Trinajstić information content (AvgIpc) is 2.88. The number of halogens is 1. The number of aromatic carboxylic acids is 1. The van der Waals surface area contributed by atoms with Crippen molar-refractivity contribution in [2.75, 3.05) is 0 Å². The number of hydrogen-bond donors (Lipinski definition) is 1. The lowest BCUT2D eigenvalue weighted by atomic mass is 10.0. The fourth-order valence-corrected chi connectivity index (χ4v) is 2.80. The molecule has 24 heavy (non-hydrogen) atoms. The van der Waals surface area contributed by atoms with Gasteiger partial charge in [-0.05, 0) is 62.2 Å². The molecule has 0 bridgehead atoms. The molecule has 122 valence electrons. The lowest BCUT2D eigenvalue weighted by Gasteiger charge is -2.13. The molecule has 1 heterocycles. The highest BCUT2D eigenvalue weighted by Gasteiger charge is 2.24.